The first kappa shape index (κ1) is 19.8. The number of rotatable bonds is 4. The van der Waals surface area contributed by atoms with Gasteiger partial charge in [-0.3, -0.25) is 4.79 Å². The minimum absolute atomic E-state index is 0.0319. The molecule has 0 atom stereocenters. The first-order valence-electron chi connectivity index (χ1n) is 8.38. The van der Waals surface area contributed by atoms with E-state index in [1.807, 2.05) is 0 Å². The van der Waals surface area contributed by atoms with Crippen molar-refractivity contribution in [3.63, 3.8) is 0 Å². The summed E-state index contributed by atoms with van der Waals surface area (Å²) < 4.78 is 9.37. The topological polar surface area (TPSA) is 93.7 Å². The van der Waals surface area contributed by atoms with Crippen molar-refractivity contribution in [1.82, 2.24) is 5.32 Å². The van der Waals surface area contributed by atoms with Crippen LogP contribution in [0.3, 0.4) is 0 Å². The summed E-state index contributed by atoms with van der Waals surface area (Å²) in [5.74, 6) is -1.35. The maximum absolute atomic E-state index is 12.3. The molecule has 1 aromatic carbocycles. The van der Waals surface area contributed by atoms with Crippen LogP contribution < -0.4 is 10.6 Å². The molecule has 2 N–H and O–H groups in total. The summed E-state index contributed by atoms with van der Waals surface area (Å²) in [5, 5.41) is 5.62. The van der Waals surface area contributed by atoms with E-state index >= 15 is 0 Å². The zero-order chi connectivity index (χ0) is 19.1. The molecule has 1 fully saturated rings. The molecule has 0 bridgehead atoms. The molecule has 0 heterocycles. The zero-order valence-corrected chi connectivity index (χ0v) is 15.6. The Kier molecular flexibility index (Phi) is 7.08. The van der Waals surface area contributed by atoms with E-state index in [0.29, 0.717) is 5.69 Å². The third-order valence-electron chi connectivity index (χ3n) is 4.25. The smallest absolute Gasteiger partial charge is 0.337 e. The fraction of sp³-hybridized carbons (Fsp3) is 0.444. The summed E-state index contributed by atoms with van der Waals surface area (Å²) in [6.07, 6.45) is 4.96. The number of thiocarbonyl (C=S) groups is 1. The highest BCUT2D eigenvalue weighted by atomic mass is 32.1. The average Bonchev–Trinajstić information content (AvgIpc) is 2.66. The van der Waals surface area contributed by atoms with Gasteiger partial charge in [0, 0.05) is 11.6 Å². The molecule has 1 aliphatic carbocycles. The van der Waals surface area contributed by atoms with Crippen LogP contribution in [0.1, 0.15) is 52.8 Å². The van der Waals surface area contributed by atoms with Crippen LogP contribution in [0.15, 0.2) is 18.2 Å². The SMILES string of the molecule is COC(=O)c1cc(NC(=S)NC(=O)C2CCCCC2)cc(C(=O)OC)c1. The minimum atomic E-state index is -0.601. The van der Waals surface area contributed by atoms with Crippen molar-refractivity contribution in [2.24, 2.45) is 5.92 Å². The number of hydrogen-bond donors (Lipinski definition) is 2. The molecular formula is C18H22N2O5S. The monoisotopic (exact) mass is 378 g/mol. The molecule has 1 aromatic rings. The molecule has 0 radical (unpaired) electrons. The van der Waals surface area contributed by atoms with Gasteiger partial charge >= 0.3 is 11.9 Å². The lowest BCUT2D eigenvalue weighted by Gasteiger charge is -2.21. The molecule has 1 amide bonds. The van der Waals surface area contributed by atoms with Crippen LogP contribution >= 0.6 is 12.2 Å². The number of methoxy groups -OCH3 is 2. The Hall–Kier alpha value is -2.48. The maximum atomic E-state index is 12.3. The van der Waals surface area contributed by atoms with Gasteiger partial charge in [-0.05, 0) is 43.3 Å². The van der Waals surface area contributed by atoms with Crippen molar-refractivity contribution in [3.8, 4) is 0 Å². The van der Waals surface area contributed by atoms with E-state index in [1.165, 1.54) is 32.4 Å². The van der Waals surface area contributed by atoms with E-state index in [0.717, 1.165) is 32.1 Å². The van der Waals surface area contributed by atoms with Gasteiger partial charge < -0.3 is 20.1 Å². The molecule has 0 saturated heterocycles. The normalized spacial score (nSPS) is 14.2. The van der Waals surface area contributed by atoms with E-state index < -0.39 is 11.9 Å². The lowest BCUT2D eigenvalue weighted by Crippen LogP contribution is -2.39. The van der Waals surface area contributed by atoms with Gasteiger partial charge in [-0.2, -0.15) is 0 Å². The summed E-state index contributed by atoms with van der Waals surface area (Å²) in [6.45, 7) is 0. The van der Waals surface area contributed by atoms with E-state index in [4.69, 9.17) is 12.2 Å². The van der Waals surface area contributed by atoms with Crippen LogP contribution in [0.5, 0.6) is 0 Å². The average molecular weight is 378 g/mol. The fourth-order valence-corrected chi connectivity index (χ4v) is 3.13. The van der Waals surface area contributed by atoms with Gasteiger partial charge in [-0.25, -0.2) is 9.59 Å². The number of amides is 1. The lowest BCUT2D eigenvalue weighted by atomic mass is 9.89. The van der Waals surface area contributed by atoms with Gasteiger partial charge in [0.15, 0.2) is 5.11 Å². The molecule has 0 aliphatic heterocycles. The molecule has 140 valence electrons. The van der Waals surface area contributed by atoms with Crippen molar-refractivity contribution < 1.29 is 23.9 Å². The van der Waals surface area contributed by atoms with E-state index in [-0.39, 0.29) is 28.1 Å². The number of anilines is 1. The second-order valence-electron chi connectivity index (χ2n) is 6.06. The first-order valence-corrected chi connectivity index (χ1v) is 8.79. The molecule has 0 unspecified atom stereocenters. The summed E-state index contributed by atoms with van der Waals surface area (Å²) in [6, 6.07) is 4.33. The van der Waals surface area contributed by atoms with Crippen LogP contribution in [-0.4, -0.2) is 37.2 Å². The number of hydrogen-bond acceptors (Lipinski definition) is 6. The summed E-state index contributed by atoms with van der Waals surface area (Å²) in [5.41, 5.74) is 0.709. The molecular weight excluding hydrogens is 356 g/mol. The summed E-state index contributed by atoms with van der Waals surface area (Å²) in [4.78, 5) is 35.8. The molecule has 1 aliphatic rings. The van der Waals surface area contributed by atoms with Crippen molar-refractivity contribution in [1.29, 1.82) is 0 Å². The standard InChI is InChI=1S/C18H22N2O5S/c1-24-16(22)12-8-13(17(23)25-2)10-14(9-12)19-18(26)20-15(21)11-6-4-3-5-7-11/h8-11H,3-7H2,1-2H3,(H2,19,20,21,26). The maximum Gasteiger partial charge on any atom is 0.337 e. The van der Waals surface area contributed by atoms with Gasteiger partial charge in [0.2, 0.25) is 5.91 Å². The second kappa shape index (κ2) is 9.28. The summed E-state index contributed by atoms with van der Waals surface area (Å²) in [7, 11) is 2.49. The number of carbonyl (C=O) groups is 3. The van der Waals surface area contributed by atoms with Crippen LogP contribution in [0.25, 0.3) is 0 Å². The van der Waals surface area contributed by atoms with Crippen LogP contribution in [0, 0.1) is 5.92 Å². The third kappa shape index (κ3) is 5.26. The highest BCUT2D eigenvalue weighted by Crippen LogP contribution is 2.23. The Morgan fingerprint density at radius 1 is 0.962 bits per heavy atom. The minimum Gasteiger partial charge on any atom is -0.465 e. The highest BCUT2D eigenvalue weighted by molar-refractivity contribution is 7.80. The molecule has 2 rings (SSSR count). The zero-order valence-electron chi connectivity index (χ0n) is 14.8. The largest absolute Gasteiger partial charge is 0.465 e. The Labute approximate surface area is 157 Å². The molecule has 1 saturated carbocycles. The van der Waals surface area contributed by atoms with E-state index in [2.05, 4.69) is 20.1 Å². The number of esters is 2. The molecule has 8 heteroatoms. The van der Waals surface area contributed by atoms with Gasteiger partial charge in [-0.15, -0.1) is 0 Å². The molecule has 26 heavy (non-hydrogen) atoms. The fourth-order valence-electron chi connectivity index (χ4n) is 2.91. The molecule has 0 spiro atoms. The Morgan fingerprint density at radius 2 is 1.50 bits per heavy atom. The van der Waals surface area contributed by atoms with Gasteiger partial charge in [0.1, 0.15) is 0 Å². The third-order valence-corrected chi connectivity index (χ3v) is 4.45. The molecule has 7 nitrogen and oxygen atoms in total. The van der Waals surface area contributed by atoms with Crippen LogP contribution in [0.2, 0.25) is 0 Å². The molecule has 0 aromatic heterocycles. The lowest BCUT2D eigenvalue weighted by molar-refractivity contribution is -0.124. The number of nitrogens with one attached hydrogen (secondary N) is 2. The first-order chi connectivity index (χ1) is 12.4. The summed E-state index contributed by atoms with van der Waals surface area (Å²) >= 11 is 5.18. The Morgan fingerprint density at radius 3 is 2.00 bits per heavy atom. The van der Waals surface area contributed by atoms with E-state index in [1.54, 1.807) is 0 Å². The van der Waals surface area contributed by atoms with Crippen molar-refractivity contribution in [3.05, 3.63) is 29.3 Å². The van der Waals surface area contributed by atoms with Crippen molar-refractivity contribution in [2.75, 3.05) is 19.5 Å². The van der Waals surface area contributed by atoms with Crippen LogP contribution in [0.4, 0.5) is 5.69 Å². The predicted octanol–water partition coefficient (Wildman–Crippen LogP) is 2.65. The van der Waals surface area contributed by atoms with Gasteiger partial charge in [0.25, 0.3) is 0 Å². The predicted molar refractivity (Wildman–Crippen MR) is 100 cm³/mol. The van der Waals surface area contributed by atoms with E-state index in [9.17, 15) is 14.4 Å². The van der Waals surface area contributed by atoms with Crippen molar-refractivity contribution >= 4 is 40.9 Å². The quantitative estimate of drug-likeness (QED) is 0.614. The number of carbonyl (C=O) groups excluding carboxylic acids is 3. The number of ether oxygens (including phenoxy) is 2. The Balaban J connectivity index is 2.11. The van der Waals surface area contributed by atoms with Gasteiger partial charge in [-0.1, -0.05) is 19.3 Å². The highest BCUT2D eigenvalue weighted by Gasteiger charge is 2.22. The van der Waals surface area contributed by atoms with Crippen molar-refractivity contribution in [2.45, 2.75) is 32.1 Å². The van der Waals surface area contributed by atoms with Crippen LogP contribution in [-0.2, 0) is 14.3 Å². The van der Waals surface area contributed by atoms with Gasteiger partial charge in [0.05, 0.1) is 25.3 Å². The second-order valence-corrected chi connectivity index (χ2v) is 6.47. The number of benzene rings is 1. The Bertz CT molecular complexity index is 679.